The highest BCUT2D eigenvalue weighted by Crippen LogP contribution is 2.29. The van der Waals surface area contributed by atoms with Crippen molar-refractivity contribution < 1.29 is 14.4 Å². The number of benzene rings is 2. The minimum absolute atomic E-state index is 0.270. The van der Waals surface area contributed by atoms with E-state index in [2.05, 4.69) is 22.4 Å². The number of carbonyl (C=O) groups is 3. The van der Waals surface area contributed by atoms with Crippen molar-refractivity contribution in [3.63, 3.8) is 0 Å². The van der Waals surface area contributed by atoms with Crippen molar-refractivity contribution in [3.8, 4) is 0 Å². The summed E-state index contributed by atoms with van der Waals surface area (Å²) in [5.74, 6) is -1.00. The SMILES string of the molecule is CC(C)(C)N1C(=O)c2ccc(C(=O)NCc3csc(Cc4ccccc4)n3)cc2C1=O. The fourth-order valence-electron chi connectivity index (χ4n) is 3.55. The monoisotopic (exact) mass is 433 g/mol. The van der Waals surface area contributed by atoms with Crippen LogP contribution in [-0.4, -0.2) is 33.1 Å². The summed E-state index contributed by atoms with van der Waals surface area (Å²) in [5, 5.41) is 5.77. The molecule has 2 heterocycles. The van der Waals surface area contributed by atoms with Crippen LogP contribution in [0.1, 0.15) is 68.1 Å². The molecule has 1 aromatic heterocycles. The summed E-state index contributed by atoms with van der Waals surface area (Å²) in [6.45, 7) is 5.72. The van der Waals surface area contributed by atoms with Crippen LogP contribution in [0.4, 0.5) is 0 Å². The summed E-state index contributed by atoms with van der Waals surface area (Å²) in [4.78, 5) is 43.8. The summed E-state index contributed by atoms with van der Waals surface area (Å²) >= 11 is 1.56. The predicted octanol–water partition coefficient (Wildman–Crippen LogP) is 4.06. The van der Waals surface area contributed by atoms with Gasteiger partial charge in [-0.2, -0.15) is 0 Å². The Balaban J connectivity index is 1.42. The van der Waals surface area contributed by atoms with E-state index in [1.165, 1.54) is 16.5 Å². The van der Waals surface area contributed by atoms with Gasteiger partial charge in [0.2, 0.25) is 0 Å². The second-order valence-electron chi connectivity index (χ2n) is 8.45. The first-order valence-corrected chi connectivity index (χ1v) is 10.9. The largest absolute Gasteiger partial charge is 0.346 e. The number of aromatic nitrogens is 1. The minimum atomic E-state index is -0.627. The van der Waals surface area contributed by atoms with Gasteiger partial charge in [0.1, 0.15) is 0 Å². The molecular formula is C24H23N3O3S. The minimum Gasteiger partial charge on any atom is -0.346 e. The molecule has 31 heavy (non-hydrogen) atoms. The molecule has 7 heteroatoms. The van der Waals surface area contributed by atoms with Crippen LogP contribution in [0.25, 0.3) is 0 Å². The summed E-state index contributed by atoms with van der Waals surface area (Å²) < 4.78 is 0. The molecule has 3 amide bonds. The molecule has 0 aliphatic carbocycles. The van der Waals surface area contributed by atoms with Gasteiger partial charge in [-0.3, -0.25) is 19.3 Å². The molecule has 2 aromatic carbocycles. The number of rotatable bonds is 5. The second kappa shape index (κ2) is 8.07. The lowest BCUT2D eigenvalue weighted by atomic mass is 10.1. The van der Waals surface area contributed by atoms with Crippen molar-refractivity contribution in [2.75, 3.05) is 0 Å². The molecule has 1 N–H and O–H groups in total. The summed E-state index contributed by atoms with van der Waals surface area (Å²) in [6.07, 6.45) is 0.755. The maximum Gasteiger partial charge on any atom is 0.262 e. The third-order valence-electron chi connectivity index (χ3n) is 5.05. The summed E-state index contributed by atoms with van der Waals surface area (Å²) in [6, 6.07) is 14.7. The molecule has 0 saturated heterocycles. The van der Waals surface area contributed by atoms with E-state index in [0.29, 0.717) is 17.7 Å². The van der Waals surface area contributed by atoms with Gasteiger partial charge in [-0.1, -0.05) is 30.3 Å². The van der Waals surface area contributed by atoms with Crippen molar-refractivity contribution in [1.82, 2.24) is 15.2 Å². The van der Waals surface area contributed by atoms with Gasteiger partial charge in [0, 0.05) is 22.9 Å². The molecule has 0 saturated carbocycles. The van der Waals surface area contributed by atoms with E-state index in [1.807, 2.05) is 44.4 Å². The number of carbonyl (C=O) groups excluding carboxylic acids is 3. The number of hydrogen-bond acceptors (Lipinski definition) is 5. The number of fused-ring (bicyclic) bond motifs is 1. The van der Waals surface area contributed by atoms with Gasteiger partial charge in [0.15, 0.2) is 0 Å². The molecule has 0 radical (unpaired) electrons. The first kappa shape index (κ1) is 20.9. The van der Waals surface area contributed by atoms with Crippen molar-refractivity contribution in [3.05, 3.63) is 86.9 Å². The van der Waals surface area contributed by atoms with Crippen LogP contribution in [0.2, 0.25) is 0 Å². The van der Waals surface area contributed by atoms with Gasteiger partial charge in [0.05, 0.1) is 28.4 Å². The Morgan fingerprint density at radius 1 is 1.03 bits per heavy atom. The maximum absolute atomic E-state index is 12.7. The second-order valence-corrected chi connectivity index (χ2v) is 9.40. The zero-order chi connectivity index (χ0) is 22.2. The highest BCUT2D eigenvalue weighted by atomic mass is 32.1. The third kappa shape index (κ3) is 4.27. The average molecular weight is 434 g/mol. The predicted molar refractivity (Wildman–Crippen MR) is 119 cm³/mol. The molecule has 4 rings (SSSR count). The molecule has 0 unspecified atom stereocenters. The normalized spacial score (nSPS) is 13.5. The number of nitrogens with one attached hydrogen (secondary N) is 1. The zero-order valence-corrected chi connectivity index (χ0v) is 18.5. The lowest BCUT2D eigenvalue weighted by Gasteiger charge is -2.29. The third-order valence-corrected chi connectivity index (χ3v) is 5.94. The number of nitrogens with zero attached hydrogens (tertiary/aromatic N) is 2. The standard InChI is InChI=1S/C24H23N3O3S/c1-24(2,3)27-22(29)18-10-9-16(12-19(18)23(27)30)21(28)25-13-17-14-31-20(26-17)11-15-7-5-4-6-8-15/h4-10,12,14H,11,13H2,1-3H3,(H,25,28). The van der Waals surface area contributed by atoms with Crippen molar-refractivity contribution >= 4 is 29.1 Å². The van der Waals surface area contributed by atoms with Crippen molar-refractivity contribution in [2.45, 2.75) is 39.3 Å². The van der Waals surface area contributed by atoms with Gasteiger partial charge in [-0.25, -0.2) is 4.98 Å². The van der Waals surface area contributed by atoms with E-state index >= 15 is 0 Å². The Morgan fingerprint density at radius 3 is 2.45 bits per heavy atom. The molecule has 3 aromatic rings. The molecule has 0 atom stereocenters. The molecule has 0 spiro atoms. The quantitative estimate of drug-likeness (QED) is 0.616. The fourth-order valence-corrected chi connectivity index (χ4v) is 4.37. The Bertz CT molecular complexity index is 1160. The first-order valence-electron chi connectivity index (χ1n) is 10.0. The van der Waals surface area contributed by atoms with E-state index in [1.54, 1.807) is 23.5 Å². The highest BCUT2D eigenvalue weighted by Gasteiger charge is 2.42. The number of hydrogen-bond donors (Lipinski definition) is 1. The maximum atomic E-state index is 12.7. The van der Waals surface area contributed by atoms with Crippen LogP contribution in [-0.2, 0) is 13.0 Å². The van der Waals surface area contributed by atoms with Gasteiger partial charge >= 0.3 is 0 Å². The van der Waals surface area contributed by atoms with Gasteiger partial charge in [-0.15, -0.1) is 11.3 Å². The van der Waals surface area contributed by atoms with Crippen LogP contribution in [0.3, 0.4) is 0 Å². The highest BCUT2D eigenvalue weighted by molar-refractivity contribution is 7.09. The molecule has 1 aliphatic rings. The molecule has 0 fully saturated rings. The van der Waals surface area contributed by atoms with E-state index in [4.69, 9.17) is 0 Å². The average Bonchev–Trinajstić information content (AvgIpc) is 3.28. The molecule has 158 valence electrons. The van der Waals surface area contributed by atoms with Crippen LogP contribution in [0.15, 0.2) is 53.9 Å². The van der Waals surface area contributed by atoms with Gasteiger partial charge < -0.3 is 5.32 Å². The van der Waals surface area contributed by atoms with Crippen LogP contribution < -0.4 is 5.32 Å². The van der Waals surface area contributed by atoms with Crippen LogP contribution in [0, 0.1) is 0 Å². The number of amides is 3. The topological polar surface area (TPSA) is 79.4 Å². The number of imide groups is 1. The van der Waals surface area contributed by atoms with E-state index in [9.17, 15) is 14.4 Å². The van der Waals surface area contributed by atoms with Crippen molar-refractivity contribution in [1.29, 1.82) is 0 Å². The Morgan fingerprint density at radius 2 is 1.74 bits per heavy atom. The van der Waals surface area contributed by atoms with E-state index in [-0.39, 0.29) is 23.3 Å². The molecule has 1 aliphatic heterocycles. The lowest BCUT2D eigenvalue weighted by Crippen LogP contribution is -2.45. The van der Waals surface area contributed by atoms with Gasteiger partial charge in [-0.05, 0) is 44.5 Å². The lowest BCUT2D eigenvalue weighted by molar-refractivity contribution is 0.0507. The van der Waals surface area contributed by atoms with E-state index in [0.717, 1.165) is 17.1 Å². The molecule has 0 bridgehead atoms. The fraction of sp³-hybridized carbons (Fsp3) is 0.250. The Kier molecular flexibility index (Phi) is 5.45. The Hall–Kier alpha value is -3.32. The molecular weight excluding hydrogens is 410 g/mol. The van der Waals surface area contributed by atoms with Gasteiger partial charge in [0.25, 0.3) is 17.7 Å². The smallest absolute Gasteiger partial charge is 0.262 e. The first-order chi connectivity index (χ1) is 14.7. The zero-order valence-electron chi connectivity index (χ0n) is 17.6. The summed E-state index contributed by atoms with van der Waals surface area (Å²) in [7, 11) is 0. The Labute approximate surface area is 184 Å². The van der Waals surface area contributed by atoms with E-state index < -0.39 is 5.54 Å². The van der Waals surface area contributed by atoms with Crippen LogP contribution in [0.5, 0.6) is 0 Å². The summed E-state index contributed by atoms with van der Waals surface area (Å²) in [5.41, 5.74) is 2.30. The number of thiazole rings is 1. The molecule has 6 nitrogen and oxygen atoms in total. The van der Waals surface area contributed by atoms with Crippen LogP contribution >= 0.6 is 11.3 Å². The van der Waals surface area contributed by atoms with Crippen molar-refractivity contribution in [2.24, 2.45) is 0 Å².